The van der Waals surface area contributed by atoms with Crippen molar-refractivity contribution in [1.82, 2.24) is 9.80 Å². The number of nitrogens with zero attached hydrogens (tertiary/aromatic N) is 3. The van der Waals surface area contributed by atoms with Crippen LogP contribution in [0.2, 0.25) is 5.02 Å². The minimum absolute atomic E-state index is 0.126. The molecule has 35 heavy (non-hydrogen) atoms. The number of rotatable bonds is 5. The highest BCUT2D eigenvalue weighted by molar-refractivity contribution is 6.30. The van der Waals surface area contributed by atoms with Crippen molar-refractivity contribution in [3.8, 4) is 11.8 Å². The second-order valence-corrected chi connectivity index (χ2v) is 10.4. The van der Waals surface area contributed by atoms with E-state index in [-0.39, 0.29) is 6.03 Å². The number of carbonyl (C=O) groups is 1. The van der Waals surface area contributed by atoms with Crippen LogP contribution >= 0.6 is 11.6 Å². The molecule has 0 aliphatic carbocycles. The molecule has 2 aromatic carbocycles. The Balaban J connectivity index is 1.41. The molecule has 2 fully saturated rings. The van der Waals surface area contributed by atoms with E-state index in [1.54, 1.807) is 12.0 Å². The number of ether oxygens (including phenoxy) is 1. The largest absolute Gasteiger partial charge is 0.496 e. The summed E-state index contributed by atoms with van der Waals surface area (Å²) < 4.78 is 5.66. The van der Waals surface area contributed by atoms with Crippen LogP contribution in [-0.4, -0.2) is 55.2 Å². The normalized spacial score (nSPS) is 18.8. The first-order valence-electron chi connectivity index (χ1n) is 12.5. The first-order chi connectivity index (χ1) is 16.8. The highest BCUT2D eigenvalue weighted by Gasteiger charge is 2.38. The van der Waals surface area contributed by atoms with Crippen molar-refractivity contribution >= 4 is 23.3 Å². The lowest BCUT2D eigenvalue weighted by Crippen LogP contribution is -2.46. The van der Waals surface area contributed by atoms with Crippen molar-refractivity contribution in [2.24, 2.45) is 0 Å². The van der Waals surface area contributed by atoms with E-state index in [1.807, 2.05) is 36.4 Å². The first kappa shape index (κ1) is 25.3. The number of anilines is 1. The monoisotopic (exact) mass is 494 g/mol. The van der Waals surface area contributed by atoms with Crippen LogP contribution in [0.25, 0.3) is 0 Å². The van der Waals surface area contributed by atoms with E-state index in [1.165, 1.54) is 5.56 Å². The number of nitrogens with one attached hydrogen (secondary N) is 1. The Bertz CT molecular complexity index is 1060. The molecule has 1 N–H and O–H groups in total. The first-order valence-corrected chi connectivity index (χ1v) is 12.9. The average Bonchev–Trinajstić information content (AvgIpc) is 2.89. The number of nitriles is 1. The van der Waals surface area contributed by atoms with E-state index in [9.17, 15) is 10.1 Å². The summed E-state index contributed by atoms with van der Waals surface area (Å²) in [6.07, 6.45) is 3.36. The van der Waals surface area contributed by atoms with E-state index in [0.29, 0.717) is 42.9 Å². The van der Waals surface area contributed by atoms with Crippen LogP contribution in [0.5, 0.6) is 5.75 Å². The Labute approximate surface area is 213 Å². The summed E-state index contributed by atoms with van der Waals surface area (Å²) in [4.78, 5) is 17.4. The SMILES string of the molecule is COc1ccc(NC(=O)N2CCC(C#N)(c3ccc(Cl)cc3)CC2)cc1C1CCN(C(C)C)CC1. The van der Waals surface area contributed by atoms with Crippen molar-refractivity contribution in [3.63, 3.8) is 0 Å². The van der Waals surface area contributed by atoms with Crippen molar-refractivity contribution in [2.45, 2.75) is 56.9 Å². The molecular formula is C28H35ClN4O2. The number of piperidine rings is 2. The molecule has 0 unspecified atom stereocenters. The predicted octanol–water partition coefficient (Wildman–Crippen LogP) is 6.03. The Morgan fingerprint density at radius 1 is 1.11 bits per heavy atom. The average molecular weight is 495 g/mol. The van der Waals surface area contributed by atoms with Gasteiger partial charge >= 0.3 is 6.03 Å². The Morgan fingerprint density at radius 2 is 1.77 bits per heavy atom. The van der Waals surface area contributed by atoms with Gasteiger partial charge < -0.3 is 19.9 Å². The molecule has 0 spiro atoms. The minimum atomic E-state index is -0.584. The van der Waals surface area contributed by atoms with Crippen molar-refractivity contribution < 1.29 is 9.53 Å². The number of hydrogen-bond acceptors (Lipinski definition) is 4. The maximum Gasteiger partial charge on any atom is 0.321 e. The lowest BCUT2D eigenvalue weighted by Gasteiger charge is -2.37. The van der Waals surface area contributed by atoms with E-state index in [0.717, 1.165) is 42.9 Å². The van der Waals surface area contributed by atoms with Crippen molar-refractivity contribution in [1.29, 1.82) is 5.26 Å². The fourth-order valence-corrected chi connectivity index (χ4v) is 5.51. The molecule has 2 aliphatic heterocycles. The number of methoxy groups -OCH3 is 1. The van der Waals surface area contributed by atoms with Crippen LogP contribution in [0.15, 0.2) is 42.5 Å². The summed E-state index contributed by atoms with van der Waals surface area (Å²) in [6.45, 7) is 7.69. The Kier molecular flexibility index (Phi) is 7.88. The van der Waals surface area contributed by atoms with Crippen molar-refractivity contribution in [3.05, 3.63) is 58.6 Å². The summed E-state index contributed by atoms with van der Waals surface area (Å²) in [6, 6.07) is 16.4. The quantitative estimate of drug-likeness (QED) is 0.551. The van der Waals surface area contributed by atoms with Gasteiger partial charge in [0, 0.05) is 29.8 Å². The zero-order chi connectivity index (χ0) is 25.0. The molecule has 186 valence electrons. The lowest BCUT2D eigenvalue weighted by molar-refractivity contribution is 0.171. The van der Waals surface area contributed by atoms with Gasteiger partial charge in [-0.1, -0.05) is 23.7 Å². The highest BCUT2D eigenvalue weighted by atomic mass is 35.5. The van der Waals surface area contributed by atoms with Gasteiger partial charge in [0.1, 0.15) is 5.75 Å². The van der Waals surface area contributed by atoms with Gasteiger partial charge in [-0.15, -0.1) is 0 Å². The van der Waals surface area contributed by atoms with Crippen LogP contribution in [0.3, 0.4) is 0 Å². The number of urea groups is 1. The fraction of sp³-hybridized carbons (Fsp3) is 0.500. The van der Waals surface area contributed by atoms with Crippen molar-refractivity contribution in [2.75, 3.05) is 38.6 Å². The van der Waals surface area contributed by atoms with E-state index in [4.69, 9.17) is 16.3 Å². The van der Waals surface area contributed by atoms with Crippen LogP contribution in [-0.2, 0) is 5.41 Å². The highest BCUT2D eigenvalue weighted by Crippen LogP contribution is 2.38. The molecule has 6 nitrogen and oxygen atoms in total. The summed E-state index contributed by atoms with van der Waals surface area (Å²) in [5.41, 5.74) is 2.33. The molecule has 0 atom stereocenters. The number of hydrogen-bond donors (Lipinski definition) is 1. The van der Waals surface area contributed by atoms with Crippen LogP contribution in [0.1, 0.15) is 56.6 Å². The maximum absolute atomic E-state index is 13.1. The lowest BCUT2D eigenvalue weighted by atomic mass is 9.74. The van der Waals surface area contributed by atoms with Gasteiger partial charge in [-0.2, -0.15) is 5.26 Å². The summed E-state index contributed by atoms with van der Waals surface area (Å²) >= 11 is 6.03. The van der Waals surface area contributed by atoms with Gasteiger partial charge in [-0.05, 0) is 100.0 Å². The van der Waals surface area contributed by atoms with Gasteiger partial charge in [-0.3, -0.25) is 0 Å². The number of likely N-dealkylation sites (tertiary alicyclic amines) is 2. The minimum Gasteiger partial charge on any atom is -0.496 e. The van der Waals surface area contributed by atoms with Crippen LogP contribution in [0, 0.1) is 11.3 Å². The summed E-state index contributed by atoms with van der Waals surface area (Å²) in [5, 5.41) is 13.7. The molecule has 7 heteroatoms. The molecule has 0 aromatic heterocycles. The smallest absolute Gasteiger partial charge is 0.321 e. The third-order valence-corrected chi connectivity index (χ3v) is 7.95. The molecule has 0 radical (unpaired) electrons. The third-order valence-electron chi connectivity index (χ3n) is 7.70. The standard InChI is InChI=1S/C28H35ClN4O2/c1-20(2)32-14-10-21(11-15-32)25-18-24(8-9-26(25)35-3)31-27(34)33-16-12-28(19-30,13-17-33)22-4-6-23(29)7-5-22/h4-9,18,20-21H,10-17H2,1-3H3,(H,31,34). The molecular weight excluding hydrogens is 460 g/mol. The van der Waals surface area contributed by atoms with Gasteiger partial charge in [0.15, 0.2) is 0 Å². The number of amides is 2. The molecule has 0 saturated carbocycles. The third kappa shape index (κ3) is 5.58. The van der Waals surface area contributed by atoms with Crippen LogP contribution < -0.4 is 10.1 Å². The van der Waals surface area contributed by atoms with Gasteiger partial charge in [0.05, 0.1) is 18.6 Å². The molecule has 0 bridgehead atoms. The maximum atomic E-state index is 13.1. The number of carbonyl (C=O) groups excluding carboxylic acids is 1. The fourth-order valence-electron chi connectivity index (χ4n) is 5.39. The van der Waals surface area contributed by atoms with Gasteiger partial charge in [0.25, 0.3) is 0 Å². The van der Waals surface area contributed by atoms with Gasteiger partial charge in [0.2, 0.25) is 0 Å². The molecule has 2 aromatic rings. The second kappa shape index (κ2) is 10.9. The predicted molar refractivity (Wildman–Crippen MR) is 140 cm³/mol. The zero-order valence-electron chi connectivity index (χ0n) is 20.9. The van der Waals surface area contributed by atoms with E-state index in [2.05, 4.69) is 36.2 Å². The summed E-state index contributed by atoms with van der Waals surface area (Å²) in [7, 11) is 1.70. The number of benzene rings is 2. The zero-order valence-corrected chi connectivity index (χ0v) is 21.6. The van der Waals surface area contributed by atoms with Crippen LogP contribution in [0.4, 0.5) is 10.5 Å². The molecule has 4 rings (SSSR count). The Morgan fingerprint density at radius 3 is 2.34 bits per heavy atom. The number of halogens is 1. The van der Waals surface area contributed by atoms with E-state index >= 15 is 0 Å². The topological polar surface area (TPSA) is 68.6 Å². The molecule has 2 saturated heterocycles. The molecule has 2 amide bonds. The summed E-state index contributed by atoms with van der Waals surface area (Å²) in [5.74, 6) is 1.30. The second-order valence-electron chi connectivity index (χ2n) is 9.98. The molecule has 2 heterocycles. The van der Waals surface area contributed by atoms with Gasteiger partial charge in [-0.25, -0.2) is 4.79 Å². The molecule has 2 aliphatic rings. The van der Waals surface area contributed by atoms with E-state index < -0.39 is 5.41 Å². The Hall–Kier alpha value is -2.75.